The molecule has 0 aromatic heterocycles. The number of rotatable bonds is 4. The van der Waals surface area contributed by atoms with Crippen LogP contribution in [-0.4, -0.2) is 6.54 Å². The van der Waals surface area contributed by atoms with Crippen molar-refractivity contribution in [2.45, 2.75) is 26.3 Å². The van der Waals surface area contributed by atoms with Crippen molar-refractivity contribution in [2.75, 3.05) is 6.54 Å². The Morgan fingerprint density at radius 2 is 2.25 bits per heavy atom. The largest absolute Gasteiger partial charge is 0.309 e. The van der Waals surface area contributed by atoms with E-state index in [-0.39, 0.29) is 6.04 Å². The van der Waals surface area contributed by atoms with E-state index in [4.69, 9.17) is 11.6 Å². The van der Waals surface area contributed by atoms with E-state index in [2.05, 4.69) is 40.0 Å². The van der Waals surface area contributed by atoms with Crippen LogP contribution in [-0.2, 0) is 0 Å². The molecule has 1 nitrogen and oxygen atoms in total. The van der Waals surface area contributed by atoms with E-state index in [1.54, 1.807) is 0 Å². The molecule has 0 saturated carbocycles. The van der Waals surface area contributed by atoms with Gasteiger partial charge in [-0.3, -0.25) is 0 Å². The molecule has 0 aliphatic heterocycles. The van der Waals surface area contributed by atoms with Gasteiger partial charge in [-0.05, 0) is 37.2 Å². The maximum Gasteiger partial charge on any atom is 0.0442 e. The molecule has 1 N–H and O–H groups in total. The molecule has 0 bridgehead atoms. The summed E-state index contributed by atoms with van der Waals surface area (Å²) in [7, 11) is 0. The summed E-state index contributed by atoms with van der Waals surface area (Å²) in [5, 5.41) is 4.17. The second-order valence-electron chi connectivity index (χ2n) is 3.41. The molecule has 0 amide bonds. The van der Waals surface area contributed by atoms with E-state index in [1.165, 1.54) is 0 Å². The zero-order chi connectivity index (χ0) is 12.0. The van der Waals surface area contributed by atoms with E-state index < -0.39 is 0 Å². The van der Waals surface area contributed by atoms with Gasteiger partial charge in [-0.25, -0.2) is 0 Å². The van der Waals surface area contributed by atoms with Gasteiger partial charge < -0.3 is 5.32 Å². The molecule has 1 atom stereocenters. The molecule has 86 valence electrons. The number of nitrogens with one attached hydrogen (secondary N) is 1. The summed E-state index contributed by atoms with van der Waals surface area (Å²) < 4.78 is 1.07. The van der Waals surface area contributed by atoms with Crippen molar-refractivity contribution in [3.05, 3.63) is 33.3 Å². The Morgan fingerprint density at radius 1 is 1.50 bits per heavy atom. The zero-order valence-electron chi connectivity index (χ0n) is 9.48. The zero-order valence-corrected chi connectivity index (χ0v) is 11.8. The molecule has 0 radical (unpaired) electrons. The molecule has 1 aromatic carbocycles. The molecule has 0 spiro atoms. The highest BCUT2D eigenvalue weighted by Crippen LogP contribution is 2.28. The van der Waals surface area contributed by atoms with Crippen LogP contribution in [0.1, 0.15) is 31.9 Å². The normalized spacial score (nSPS) is 11.8. The third-order valence-electron chi connectivity index (χ3n) is 2.27. The Balaban J connectivity index is 2.97. The molecule has 0 aliphatic carbocycles. The first-order valence-electron chi connectivity index (χ1n) is 5.27. The predicted molar refractivity (Wildman–Crippen MR) is 73.6 cm³/mol. The highest BCUT2D eigenvalue weighted by Gasteiger charge is 2.12. The Labute approximate surface area is 111 Å². The van der Waals surface area contributed by atoms with E-state index in [9.17, 15) is 0 Å². The van der Waals surface area contributed by atoms with Crippen molar-refractivity contribution in [1.82, 2.24) is 5.32 Å². The van der Waals surface area contributed by atoms with Crippen LogP contribution < -0.4 is 5.32 Å². The van der Waals surface area contributed by atoms with Crippen LogP contribution >= 0.6 is 27.5 Å². The summed E-state index contributed by atoms with van der Waals surface area (Å²) in [5.41, 5.74) is 1.16. The highest BCUT2D eigenvalue weighted by molar-refractivity contribution is 9.10. The first kappa shape index (κ1) is 13.6. The molecule has 3 heteroatoms. The van der Waals surface area contributed by atoms with Crippen LogP contribution in [0.25, 0.3) is 0 Å². The lowest BCUT2D eigenvalue weighted by molar-refractivity contribution is 0.563. The second-order valence-corrected chi connectivity index (χ2v) is 4.70. The molecule has 1 rings (SSSR count). The molecule has 16 heavy (non-hydrogen) atoms. The van der Waals surface area contributed by atoms with Gasteiger partial charge in [0.25, 0.3) is 0 Å². The fourth-order valence-corrected chi connectivity index (χ4v) is 2.23. The maximum atomic E-state index is 6.01. The van der Waals surface area contributed by atoms with Crippen LogP contribution in [0.5, 0.6) is 0 Å². The SMILES string of the molecule is CC#CCC(NCC)c1cc(Cl)ccc1Br. The van der Waals surface area contributed by atoms with Crippen molar-refractivity contribution in [2.24, 2.45) is 0 Å². The minimum Gasteiger partial charge on any atom is -0.309 e. The summed E-state index contributed by atoms with van der Waals surface area (Å²) in [4.78, 5) is 0. The van der Waals surface area contributed by atoms with Gasteiger partial charge in [-0.1, -0.05) is 34.5 Å². The third kappa shape index (κ3) is 3.83. The third-order valence-corrected chi connectivity index (χ3v) is 3.22. The van der Waals surface area contributed by atoms with Gasteiger partial charge in [0.1, 0.15) is 0 Å². The molecule has 1 aromatic rings. The first-order chi connectivity index (χ1) is 7.69. The Hall–Kier alpha value is -0.490. The minimum atomic E-state index is 0.227. The van der Waals surface area contributed by atoms with Crippen molar-refractivity contribution in [1.29, 1.82) is 0 Å². The first-order valence-corrected chi connectivity index (χ1v) is 6.44. The van der Waals surface area contributed by atoms with Crippen molar-refractivity contribution >= 4 is 27.5 Å². The second kappa shape index (κ2) is 6.96. The van der Waals surface area contributed by atoms with Crippen molar-refractivity contribution in [3.8, 4) is 11.8 Å². The lowest BCUT2D eigenvalue weighted by Gasteiger charge is -2.17. The summed E-state index contributed by atoms with van der Waals surface area (Å²) >= 11 is 9.56. The smallest absolute Gasteiger partial charge is 0.0442 e. The van der Waals surface area contributed by atoms with Gasteiger partial charge in [0.2, 0.25) is 0 Å². The van der Waals surface area contributed by atoms with Gasteiger partial charge in [0.05, 0.1) is 0 Å². The lowest BCUT2D eigenvalue weighted by atomic mass is 10.0. The number of hydrogen-bond donors (Lipinski definition) is 1. The van der Waals surface area contributed by atoms with Gasteiger partial charge in [0.15, 0.2) is 0 Å². The molecule has 1 unspecified atom stereocenters. The van der Waals surface area contributed by atoms with E-state index in [0.717, 1.165) is 28.0 Å². The van der Waals surface area contributed by atoms with Crippen molar-refractivity contribution in [3.63, 3.8) is 0 Å². The summed E-state index contributed by atoms with van der Waals surface area (Å²) in [6.45, 7) is 4.86. The van der Waals surface area contributed by atoms with Crippen LogP contribution in [0.15, 0.2) is 22.7 Å². The molecule has 0 aliphatic rings. The average Bonchev–Trinajstić information content (AvgIpc) is 2.28. The summed E-state index contributed by atoms with van der Waals surface area (Å²) in [6.07, 6.45) is 0.795. The molecule has 0 saturated heterocycles. The molecular weight excluding hydrogens is 286 g/mol. The van der Waals surface area contributed by atoms with Gasteiger partial charge in [-0.15, -0.1) is 11.8 Å². The lowest BCUT2D eigenvalue weighted by Crippen LogP contribution is -2.20. The quantitative estimate of drug-likeness (QED) is 0.823. The number of halogens is 2. The minimum absolute atomic E-state index is 0.227. The monoisotopic (exact) mass is 299 g/mol. The maximum absolute atomic E-state index is 6.01. The van der Waals surface area contributed by atoms with Crippen LogP contribution in [0.4, 0.5) is 0 Å². The highest BCUT2D eigenvalue weighted by atomic mass is 79.9. The Morgan fingerprint density at radius 3 is 2.88 bits per heavy atom. The summed E-state index contributed by atoms with van der Waals surface area (Å²) in [5.74, 6) is 6.02. The van der Waals surface area contributed by atoms with E-state index in [1.807, 2.05) is 25.1 Å². The molecular formula is C13H15BrClN. The standard InChI is InChI=1S/C13H15BrClN/c1-3-5-6-13(16-4-2)11-9-10(15)7-8-12(11)14/h7-9,13,16H,4,6H2,1-2H3. The number of hydrogen-bond acceptors (Lipinski definition) is 1. The van der Waals surface area contributed by atoms with Gasteiger partial charge >= 0.3 is 0 Å². The topological polar surface area (TPSA) is 12.0 Å². The average molecular weight is 301 g/mol. The fourth-order valence-electron chi connectivity index (χ4n) is 1.52. The van der Waals surface area contributed by atoms with E-state index >= 15 is 0 Å². The fraction of sp³-hybridized carbons (Fsp3) is 0.385. The summed E-state index contributed by atoms with van der Waals surface area (Å²) in [6, 6.07) is 6.06. The van der Waals surface area contributed by atoms with E-state index in [0.29, 0.717) is 0 Å². The Kier molecular flexibility index (Phi) is 5.90. The number of benzene rings is 1. The molecule has 0 heterocycles. The van der Waals surface area contributed by atoms with Crippen LogP contribution in [0.2, 0.25) is 5.02 Å². The Bertz CT molecular complexity index is 406. The van der Waals surface area contributed by atoms with Crippen LogP contribution in [0, 0.1) is 11.8 Å². The van der Waals surface area contributed by atoms with Crippen molar-refractivity contribution < 1.29 is 0 Å². The predicted octanol–water partition coefficient (Wildman–Crippen LogP) is 4.17. The van der Waals surface area contributed by atoms with Gasteiger partial charge in [-0.2, -0.15) is 0 Å². The molecule has 0 fully saturated rings. The van der Waals surface area contributed by atoms with Gasteiger partial charge in [0, 0.05) is 22.0 Å². The van der Waals surface area contributed by atoms with Crippen LogP contribution in [0.3, 0.4) is 0 Å².